The first-order chi connectivity index (χ1) is 9.93. The summed E-state index contributed by atoms with van der Waals surface area (Å²) in [4.78, 5) is 1.46. The second kappa shape index (κ2) is 3.95. The van der Waals surface area contributed by atoms with Crippen molar-refractivity contribution in [3.05, 3.63) is 65.2 Å². The van der Waals surface area contributed by atoms with Crippen LogP contribution < -0.4 is 0 Å². The van der Waals surface area contributed by atoms with Crippen LogP contribution in [0.25, 0.3) is 0 Å². The standard InChI is InChI=1S/C20H22S/c1-18(2)14-9-5-6-10-15(14)20(4)16-11-7-8-12-17(16)21-13-19(18,20)3/h5-12H,13H2,1-4H3/t19-,20-/m1/s1. The molecule has 0 saturated heterocycles. The molecule has 0 amide bonds. The molecular weight excluding hydrogens is 272 g/mol. The highest BCUT2D eigenvalue weighted by Crippen LogP contribution is 2.68. The number of thioether (sulfide) groups is 1. The van der Waals surface area contributed by atoms with Gasteiger partial charge in [0.25, 0.3) is 0 Å². The molecule has 21 heavy (non-hydrogen) atoms. The fraction of sp³-hybridized carbons (Fsp3) is 0.400. The van der Waals surface area contributed by atoms with Gasteiger partial charge in [-0.05, 0) is 33.6 Å². The fourth-order valence-corrected chi connectivity index (χ4v) is 6.37. The maximum absolute atomic E-state index is 2.50. The van der Waals surface area contributed by atoms with Crippen molar-refractivity contribution < 1.29 is 0 Å². The topological polar surface area (TPSA) is 0 Å². The van der Waals surface area contributed by atoms with E-state index in [-0.39, 0.29) is 16.2 Å². The molecule has 2 atom stereocenters. The van der Waals surface area contributed by atoms with E-state index < -0.39 is 0 Å². The van der Waals surface area contributed by atoms with E-state index in [4.69, 9.17) is 0 Å². The van der Waals surface area contributed by atoms with Crippen LogP contribution in [0.3, 0.4) is 0 Å². The van der Waals surface area contributed by atoms with Crippen LogP contribution in [0.4, 0.5) is 0 Å². The monoisotopic (exact) mass is 294 g/mol. The molecule has 0 N–H and O–H groups in total. The van der Waals surface area contributed by atoms with Crippen molar-refractivity contribution in [2.75, 3.05) is 5.75 Å². The summed E-state index contributed by atoms with van der Waals surface area (Å²) >= 11 is 2.04. The molecule has 1 heterocycles. The largest absolute Gasteiger partial charge is 0.125 e. The molecule has 0 radical (unpaired) electrons. The van der Waals surface area contributed by atoms with Crippen LogP contribution in [-0.4, -0.2) is 5.75 Å². The highest BCUT2D eigenvalue weighted by molar-refractivity contribution is 7.99. The fourth-order valence-electron chi connectivity index (χ4n) is 4.68. The third-order valence-corrected chi connectivity index (χ3v) is 7.95. The summed E-state index contributed by atoms with van der Waals surface area (Å²) in [6.07, 6.45) is 0. The Morgan fingerprint density at radius 1 is 0.762 bits per heavy atom. The molecule has 4 rings (SSSR count). The summed E-state index contributed by atoms with van der Waals surface area (Å²) in [6, 6.07) is 18.1. The average Bonchev–Trinajstić information content (AvgIpc) is 2.64. The highest BCUT2D eigenvalue weighted by Gasteiger charge is 2.63. The van der Waals surface area contributed by atoms with Gasteiger partial charge in [0, 0.05) is 16.1 Å². The molecule has 1 aliphatic heterocycles. The predicted octanol–water partition coefficient (Wildman–Crippen LogP) is 5.40. The van der Waals surface area contributed by atoms with E-state index >= 15 is 0 Å². The summed E-state index contributed by atoms with van der Waals surface area (Å²) in [5.41, 5.74) is 5.12. The van der Waals surface area contributed by atoms with Crippen molar-refractivity contribution in [3.63, 3.8) is 0 Å². The van der Waals surface area contributed by atoms with E-state index in [0.29, 0.717) is 0 Å². The first-order valence-corrected chi connectivity index (χ1v) is 8.74. The molecule has 0 unspecified atom stereocenters. The van der Waals surface area contributed by atoms with Crippen LogP contribution in [0.5, 0.6) is 0 Å². The number of hydrogen-bond donors (Lipinski definition) is 0. The van der Waals surface area contributed by atoms with Gasteiger partial charge in [0.2, 0.25) is 0 Å². The average molecular weight is 294 g/mol. The summed E-state index contributed by atoms with van der Waals surface area (Å²) in [5.74, 6) is 1.18. The number of hydrogen-bond acceptors (Lipinski definition) is 1. The van der Waals surface area contributed by atoms with Gasteiger partial charge in [-0.1, -0.05) is 70.2 Å². The molecule has 0 spiro atoms. The molecule has 2 aromatic carbocycles. The van der Waals surface area contributed by atoms with Crippen LogP contribution in [0, 0.1) is 5.41 Å². The van der Waals surface area contributed by atoms with Crippen molar-refractivity contribution in [1.82, 2.24) is 0 Å². The summed E-state index contributed by atoms with van der Waals surface area (Å²) in [5, 5.41) is 0. The van der Waals surface area contributed by atoms with Gasteiger partial charge in [0.1, 0.15) is 0 Å². The zero-order chi connectivity index (χ0) is 14.9. The second-order valence-corrected chi connectivity index (χ2v) is 8.43. The lowest BCUT2D eigenvalue weighted by Crippen LogP contribution is -2.51. The molecule has 0 saturated carbocycles. The molecule has 2 aliphatic rings. The minimum atomic E-state index is 0.106. The van der Waals surface area contributed by atoms with Gasteiger partial charge in [-0.25, -0.2) is 0 Å². The lowest BCUT2D eigenvalue weighted by Gasteiger charge is -2.52. The number of benzene rings is 2. The first kappa shape index (κ1) is 13.5. The molecular formula is C20H22S. The zero-order valence-electron chi connectivity index (χ0n) is 13.2. The van der Waals surface area contributed by atoms with E-state index in [1.165, 1.54) is 27.3 Å². The van der Waals surface area contributed by atoms with E-state index in [0.717, 1.165) is 0 Å². The maximum Gasteiger partial charge on any atom is 0.0258 e. The maximum atomic E-state index is 2.50. The number of rotatable bonds is 0. The van der Waals surface area contributed by atoms with Crippen LogP contribution in [-0.2, 0) is 10.8 Å². The van der Waals surface area contributed by atoms with Gasteiger partial charge in [0.05, 0.1) is 0 Å². The molecule has 0 fully saturated rings. The molecule has 0 nitrogen and oxygen atoms in total. The molecule has 0 aromatic heterocycles. The third-order valence-electron chi connectivity index (χ3n) is 6.56. The van der Waals surface area contributed by atoms with Crippen LogP contribution in [0.1, 0.15) is 44.4 Å². The number of fused-ring (bicyclic) bond motifs is 5. The van der Waals surface area contributed by atoms with Crippen molar-refractivity contribution in [1.29, 1.82) is 0 Å². The van der Waals surface area contributed by atoms with Gasteiger partial charge in [-0.3, -0.25) is 0 Å². The highest BCUT2D eigenvalue weighted by atomic mass is 32.2. The van der Waals surface area contributed by atoms with Crippen LogP contribution in [0.2, 0.25) is 0 Å². The quantitative estimate of drug-likeness (QED) is 0.627. The Morgan fingerprint density at radius 3 is 2.05 bits per heavy atom. The van der Waals surface area contributed by atoms with Crippen molar-refractivity contribution in [2.24, 2.45) is 5.41 Å². The molecule has 2 aromatic rings. The van der Waals surface area contributed by atoms with Crippen molar-refractivity contribution in [2.45, 2.75) is 43.4 Å². The molecule has 1 heteroatoms. The Morgan fingerprint density at radius 2 is 1.33 bits per heavy atom. The Labute approximate surface area is 132 Å². The van der Waals surface area contributed by atoms with E-state index in [9.17, 15) is 0 Å². The molecule has 0 bridgehead atoms. The Bertz CT molecular complexity index is 730. The first-order valence-electron chi connectivity index (χ1n) is 7.75. The van der Waals surface area contributed by atoms with Crippen LogP contribution in [0.15, 0.2) is 53.4 Å². The summed E-state index contributed by atoms with van der Waals surface area (Å²) in [6.45, 7) is 9.84. The summed E-state index contributed by atoms with van der Waals surface area (Å²) in [7, 11) is 0. The van der Waals surface area contributed by atoms with Gasteiger partial charge in [-0.15, -0.1) is 11.8 Å². The lowest BCUT2D eigenvalue weighted by atomic mass is 9.56. The normalized spacial score (nSPS) is 32.2. The van der Waals surface area contributed by atoms with E-state index in [1.54, 1.807) is 0 Å². The Kier molecular flexibility index (Phi) is 2.53. The zero-order valence-corrected chi connectivity index (χ0v) is 14.1. The lowest BCUT2D eigenvalue weighted by molar-refractivity contribution is 0.140. The SMILES string of the molecule is CC1(C)c2ccccc2[C@]2(C)c3ccccc3SC[C@]12C. The van der Waals surface area contributed by atoms with Gasteiger partial charge in [0.15, 0.2) is 0 Å². The van der Waals surface area contributed by atoms with Gasteiger partial charge < -0.3 is 0 Å². The van der Waals surface area contributed by atoms with Crippen molar-refractivity contribution in [3.8, 4) is 0 Å². The summed E-state index contributed by atoms with van der Waals surface area (Å²) < 4.78 is 0. The van der Waals surface area contributed by atoms with E-state index in [2.05, 4.69) is 76.2 Å². The Hall–Kier alpha value is -1.21. The van der Waals surface area contributed by atoms with Crippen molar-refractivity contribution >= 4 is 11.8 Å². The Balaban J connectivity index is 2.12. The van der Waals surface area contributed by atoms with Crippen LogP contribution >= 0.6 is 11.8 Å². The minimum Gasteiger partial charge on any atom is -0.125 e. The minimum absolute atomic E-state index is 0.106. The second-order valence-electron chi connectivity index (χ2n) is 7.41. The predicted molar refractivity (Wildman–Crippen MR) is 91.2 cm³/mol. The molecule has 108 valence electrons. The van der Waals surface area contributed by atoms with E-state index in [1.807, 2.05) is 11.8 Å². The van der Waals surface area contributed by atoms with Gasteiger partial charge in [-0.2, -0.15) is 0 Å². The smallest absolute Gasteiger partial charge is 0.0258 e. The van der Waals surface area contributed by atoms with Gasteiger partial charge >= 0.3 is 0 Å². The third kappa shape index (κ3) is 1.34. The molecule has 1 aliphatic carbocycles.